The van der Waals surface area contributed by atoms with E-state index in [1.54, 1.807) is 0 Å². The van der Waals surface area contributed by atoms with Gasteiger partial charge in [-0.2, -0.15) is 0 Å². The predicted octanol–water partition coefficient (Wildman–Crippen LogP) is 2.67. The third-order valence-corrected chi connectivity index (χ3v) is 3.58. The first-order valence-corrected chi connectivity index (χ1v) is 5.90. The Bertz CT molecular complexity index is 342. The summed E-state index contributed by atoms with van der Waals surface area (Å²) >= 11 is 0. The van der Waals surface area contributed by atoms with Crippen LogP contribution in [0.2, 0.25) is 0 Å². The van der Waals surface area contributed by atoms with Gasteiger partial charge in [0.05, 0.1) is 6.54 Å². The predicted molar refractivity (Wildman–Crippen MR) is 67.2 cm³/mol. The molecule has 1 heterocycles. The highest BCUT2D eigenvalue weighted by atomic mass is 16.3. The smallest absolute Gasteiger partial charge is 0.118 e. The van der Waals surface area contributed by atoms with Crippen LogP contribution in [0, 0.1) is 6.92 Å². The van der Waals surface area contributed by atoms with Crippen molar-refractivity contribution in [2.75, 3.05) is 7.05 Å². The van der Waals surface area contributed by atoms with Gasteiger partial charge < -0.3 is 10.2 Å². The van der Waals surface area contributed by atoms with Crippen molar-refractivity contribution in [2.45, 2.75) is 52.7 Å². The molecule has 0 unspecified atom stereocenters. The van der Waals surface area contributed by atoms with Crippen LogP contribution >= 0.6 is 0 Å². The summed E-state index contributed by atoms with van der Waals surface area (Å²) in [5.41, 5.74) is 7.02. The number of furan rings is 1. The minimum atomic E-state index is 0.215. The molecule has 0 bridgehead atoms. The lowest BCUT2D eigenvalue weighted by Crippen LogP contribution is -2.39. The van der Waals surface area contributed by atoms with E-state index in [9.17, 15) is 0 Å². The summed E-state index contributed by atoms with van der Waals surface area (Å²) in [7, 11) is 2.15. The van der Waals surface area contributed by atoms with Gasteiger partial charge in [-0.1, -0.05) is 6.92 Å². The van der Waals surface area contributed by atoms with E-state index in [1.807, 2.05) is 6.92 Å². The molecule has 0 fully saturated rings. The van der Waals surface area contributed by atoms with E-state index in [1.165, 1.54) is 5.56 Å². The van der Waals surface area contributed by atoms with Crippen LogP contribution in [0.15, 0.2) is 10.5 Å². The second kappa shape index (κ2) is 5.02. The lowest BCUT2D eigenvalue weighted by atomic mass is 9.99. The highest BCUT2D eigenvalue weighted by Crippen LogP contribution is 2.22. The fraction of sp³-hybridized carbons (Fsp3) is 0.692. The van der Waals surface area contributed by atoms with Crippen molar-refractivity contribution in [1.29, 1.82) is 0 Å². The zero-order valence-corrected chi connectivity index (χ0v) is 11.1. The molecule has 2 N–H and O–H groups in total. The average molecular weight is 224 g/mol. The number of aryl methyl sites for hydroxylation is 1. The largest absolute Gasteiger partial charge is 0.465 e. The number of hydrogen-bond donors (Lipinski definition) is 1. The number of nitrogens with two attached hydrogens (primary N) is 1. The summed E-state index contributed by atoms with van der Waals surface area (Å²) in [5, 5.41) is 0. The summed E-state index contributed by atoms with van der Waals surface area (Å²) in [4.78, 5) is 2.35. The quantitative estimate of drug-likeness (QED) is 0.836. The molecule has 1 aromatic rings. The van der Waals surface area contributed by atoms with Crippen molar-refractivity contribution in [2.24, 2.45) is 5.73 Å². The fourth-order valence-electron chi connectivity index (χ4n) is 1.58. The minimum absolute atomic E-state index is 0.215. The third-order valence-electron chi connectivity index (χ3n) is 3.58. The molecular weight excluding hydrogens is 200 g/mol. The van der Waals surface area contributed by atoms with Crippen LogP contribution in [0.25, 0.3) is 0 Å². The van der Waals surface area contributed by atoms with E-state index in [0.717, 1.165) is 24.5 Å². The van der Waals surface area contributed by atoms with E-state index >= 15 is 0 Å². The lowest BCUT2D eigenvalue weighted by Gasteiger charge is -2.34. The Hall–Kier alpha value is -0.800. The zero-order chi connectivity index (χ0) is 12.3. The monoisotopic (exact) mass is 224 g/mol. The van der Waals surface area contributed by atoms with Gasteiger partial charge in [0.15, 0.2) is 0 Å². The summed E-state index contributed by atoms with van der Waals surface area (Å²) in [6.07, 6.45) is 1.13. The van der Waals surface area contributed by atoms with Crippen LogP contribution in [-0.4, -0.2) is 17.5 Å². The fourth-order valence-corrected chi connectivity index (χ4v) is 1.58. The topological polar surface area (TPSA) is 42.4 Å². The van der Waals surface area contributed by atoms with Crippen molar-refractivity contribution < 1.29 is 4.42 Å². The molecule has 0 saturated carbocycles. The molecule has 0 atom stereocenters. The average Bonchev–Trinajstić information content (AvgIpc) is 2.59. The van der Waals surface area contributed by atoms with Crippen molar-refractivity contribution in [3.05, 3.63) is 23.2 Å². The standard InChI is InChI=1S/C13H24N2O/c1-6-13(3,4)15(5)9-11-7-12(8-14)16-10(11)2/h7H,6,8-9,14H2,1-5H3. The third kappa shape index (κ3) is 2.86. The molecule has 0 aliphatic rings. The molecule has 0 aromatic carbocycles. The van der Waals surface area contributed by atoms with Gasteiger partial charge in [0, 0.05) is 17.6 Å². The van der Waals surface area contributed by atoms with Gasteiger partial charge in [0.1, 0.15) is 11.5 Å². The molecule has 92 valence electrons. The summed E-state index contributed by atoms with van der Waals surface area (Å²) in [5.74, 6) is 1.86. The van der Waals surface area contributed by atoms with Crippen LogP contribution in [0.5, 0.6) is 0 Å². The Morgan fingerprint density at radius 3 is 2.50 bits per heavy atom. The van der Waals surface area contributed by atoms with E-state index in [-0.39, 0.29) is 5.54 Å². The van der Waals surface area contributed by atoms with Crippen LogP contribution < -0.4 is 5.73 Å². The molecule has 1 aromatic heterocycles. The maximum Gasteiger partial charge on any atom is 0.118 e. The Labute approximate surface area is 98.6 Å². The van der Waals surface area contributed by atoms with Crippen LogP contribution in [-0.2, 0) is 13.1 Å². The highest BCUT2D eigenvalue weighted by molar-refractivity contribution is 5.20. The Balaban J connectivity index is 2.76. The molecule has 16 heavy (non-hydrogen) atoms. The second-order valence-corrected chi connectivity index (χ2v) is 5.02. The molecule has 0 radical (unpaired) electrons. The van der Waals surface area contributed by atoms with Gasteiger partial charge in [-0.25, -0.2) is 0 Å². The van der Waals surface area contributed by atoms with Crippen molar-refractivity contribution in [3.63, 3.8) is 0 Å². The molecule has 0 saturated heterocycles. The molecule has 0 spiro atoms. The summed E-state index contributed by atoms with van der Waals surface area (Å²) in [6, 6.07) is 2.07. The van der Waals surface area contributed by atoms with Gasteiger partial charge >= 0.3 is 0 Å². The SMILES string of the molecule is CCC(C)(C)N(C)Cc1cc(CN)oc1C. The lowest BCUT2D eigenvalue weighted by molar-refractivity contribution is 0.142. The molecule has 1 rings (SSSR count). The van der Waals surface area contributed by atoms with Gasteiger partial charge in [-0.3, -0.25) is 4.90 Å². The summed E-state index contributed by atoms with van der Waals surface area (Å²) in [6.45, 7) is 10.1. The minimum Gasteiger partial charge on any atom is -0.465 e. The Kier molecular flexibility index (Phi) is 4.16. The second-order valence-electron chi connectivity index (χ2n) is 5.02. The maximum absolute atomic E-state index is 5.57. The van der Waals surface area contributed by atoms with Crippen molar-refractivity contribution in [3.8, 4) is 0 Å². The molecule has 0 amide bonds. The molecule has 0 aliphatic carbocycles. The van der Waals surface area contributed by atoms with Gasteiger partial charge in [0.25, 0.3) is 0 Å². The van der Waals surface area contributed by atoms with E-state index in [0.29, 0.717) is 6.54 Å². The normalized spacial score (nSPS) is 12.4. The van der Waals surface area contributed by atoms with E-state index in [2.05, 4.69) is 38.8 Å². The summed E-state index contributed by atoms with van der Waals surface area (Å²) < 4.78 is 5.56. The Morgan fingerprint density at radius 1 is 1.44 bits per heavy atom. The molecule has 3 heteroatoms. The molecular formula is C13H24N2O. The van der Waals surface area contributed by atoms with Gasteiger partial charge in [-0.15, -0.1) is 0 Å². The first-order valence-electron chi connectivity index (χ1n) is 5.90. The molecule has 3 nitrogen and oxygen atoms in total. The van der Waals surface area contributed by atoms with Crippen LogP contribution in [0.4, 0.5) is 0 Å². The van der Waals surface area contributed by atoms with Gasteiger partial charge in [0.2, 0.25) is 0 Å². The highest BCUT2D eigenvalue weighted by Gasteiger charge is 2.22. The molecule has 0 aliphatic heterocycles. The number of hydrogen-bond acceptors (Lipinski definition) is 3. The zero-order valence-electron chi connectivity index (χ0n) is 11.1. The van der Waals surface area contributed by atoms with Crippen molar-refractivity contribution in [1.82, 2.24) is 4.90 Å². The van der Waals surface area contributed by atoms with E-state index < -0.39 is 0 Å². The van der Waals surface area contributed by atoms with Crippen LogP contribution in [0.3, 0.4) is 0 Å². The first kappa shape index (κ1) is 13.3. The maximum atomic E-state index is 5.57. The van der Waals surface area contributed by atoms with E-state index in [4.69, 9.17) is 10.2 Å². The first-order chi connectivity index (χ1) is 7.40. The number of nitrogens with zero attached hydrogens (tertiary/aromatic N) is 1. The number of rotatable bonds is 5. The van der Waals surface area contributed by atoms with Crippen molar-refractivity contribution >= 4 is 0 Å². The Morgan fingerprint density at radius 2 is 2.06 bits per heavy atom. The van der Waals surface area contributed by atoms with Gasteiger partial charge in [-0.05, 0) is 40.3 Å². The van der Waals surface area contributed by atoms with Crippen LogP contribution in [0.1, 0.15) is 44.3 Å².